The van der Waals surface area contributed by atoms with E-state index in [9.17, 15) is 10.1 Å². The normalized spacial score (nSPS) is 11.3. The minimum atomic E-state index is -0.421. The maximum absolute atomic E-state index is 12.9. The predicted molar refractivity (Wildman–Crippen MR) is 122 cm³/mol. The Morgan fingerprint density at radius 3 is 2.50 bits per heavy atom. The Morgan fingerprint density at radius 1 is 1.00 bits per heavy atom. The third-order valence-electron chi connectivity index (χ3n) is 5.10. The van der Waals surface area contributed by atoms with Crippen LogP contribution < -0.4 is 5.32 Å². The Morgan fingerprint density at radius 2 is 1.73 bits per heavy atom. The number of hydrogen-bond donors (Lipinski definition) is 2. The second-order valence-electron chi connectivity index (χ2n) is 7.27. The van der Waals surface area contributed by atoms with Crippen LogP contribution in [-0.2, 0) is 4.79 Å². The molecule has 0 spiro atoms. The smallest absolute Gasteiger partial charge is 0.266 e. The summed E-state index contributed by atoms with van der Waals surface area (Å²) < 4.78 is 0. The first-order valence-corrected chi connectivity index (χ1v) is 9.73. The van der Waals surface area contributed by atoms with Gasteiger partial charge in [0.25, 0.3) is 5.91 Å². The standard InChI is InChI=1S/C26H21N3O/c1-17-12-13-18(2)24(14-17)29-26(30)20(16-27)15-22-21-10-6-7-11-23(21)28-25(22)19-8-4-3-5-9-19/h3-15,28H,1-2H3,(H,29,30). The molecule has 1 amide bonds. The predicted octanol–water partition coefficient (Wildman–Crippen LogP) is 6.00. The second kappa shape index (κ2) is 8.10. The minimum absolute atomic E-state index is 0.0536. The first-order chi connectivity index (χ1) is 14.6. The Hall–Kier alpha value is -4.10. The van der Waals surface area contributed by atoms with Gasteiger partial charge in [-0.2, -0.15) is 5.26 Å². The molecule has 0 radical (unpaired) electrons. The number of rotatable bonds is 4. The van der Waals surface area contributed by atoms with Crippen LogP contribution >= 0.6 is 0 Å². The molecule has 0 saturated carbocycles. The molecule has 146 valence electrons. The molecule has 30 heavy (non-hydrogen) atoms. The number of benzene rings is 3. The quantitative estimate of drug-likeness (QED) is 0.331. The molecule has 0 atom stereocenters. The lowest BCUT2D eigenvalue weighted by Crippen LogP contribution is -2.14. The van der Waals surface area contributed by atoms with Crippen molar-refractivity contribution in [2.45, 2.75) is 13.8 Å². The maximum Gasteiger partial charge on any atom is 0.266 e. The Balaban J connectivity index is 1.80. The van der Waals surface area contributed by atoms with Crippen LogP contribution in [0.3, 0.4) is 0 Å². The molecular formula is C26H21N3O. The third-order valence-corrected chi connectivity index (χ3v) is 5.10. The van der Waals surface area contributed by atoms with Gasteiger partial charge in [-0.05, 0) is 48.7 Å². The number of carbonyl (C=O) groups excluding carboxylic acids is 1. The number of amides is 1. The largest absolute Gasteiger partial charge is 0.354 e. The van der Waals surface area contributed by atoms with Gasteiger partial charge in [0.1, 0.15) is 11.6 Å². The van der Waals surface area contributed by atoms with Gasteiger partial charge >= 0.3 is 0 Å². The highest BCUT2D eigenvalue weighted by Gasteiger charge is 2.16. The third kappa shape index (κ3) is 3.74. The lowest BCUT2D eigenvalue weighted by atomic mass is 10.0. The van der Waals surface area contributed by atoms with Gasteiger partial charge in [-0.1, -0.05) is 60.7 Å². The summed E-state index contributed by atoms with van der Waals surface area (Å²) in [6, 6.07) is 25.7. The van der Waals surface area contributed by atoms with Crippen molar-refractivity contribution in [1.29, 1.82) is 5.26 Å². The van der Waals surface area contributed by atoms with Crippen molar-refractivity contribution >= 4 is 28.6 Å². The van der Waals surface area contributed by atoms with Crippen LogP contribution in [0.5, 0.6) is 0 Å². The van der Waals surface area contributed by atoms with E-state index in [4.69, 9.17) is 0 Å². The van der Waals surface area contributed by atoms with E-state index in [1.165, 1.54) is 0 Å². The zero-order valence-corrected chi connectivity index (χ0v) is 16.9. The molecule has 4 nitrogen and oxygen atoms in total. The van der Waals surface area contributed by atoms with Gasteiger partial charge in [0, 0.05) is 22.2 Å². The number of aromatic amines is 1. The molecule has 0 unspecified atom stereocenters. The van der Waals surface area contributed by atoms with Crippen LogP contribution in [0.4, 0.5) is 5.69 Å². The number of para-hydroxylation sites is 1. The Labute approximate surface area is 175 Å². The highest BCUT2D eigenvalue weighted by atomic mass is 16.1. The fourth-order valence-electron chi connectivity index (χ4n) is 3.50. The van der Waals surface area contributed by atoms with E-state index in [0.29, 0.717) is 5.69 Å². The van der Waals surface area contributed by atoms with E-state index in [-0.39, 0.29) is 5.57 Å². The number of aromatic nitrogens is 1. The van der Waals surface area contributed by atoms with Gasteiger partial charge in [-0.3, -0.25) is 4.79 Å². The van der Waals surface area contributed by atoms with Crippen LogP contribution in [0.25, 0.3) is 28.2 Å². The van der Waals surface area contributed by atoms with Crippen LogP contribution in [0.2, 0.25) is 0 Å². The summed E-state index contributed by atoms with van der Waals surface area (Å²) in [5.74, 6) is -0.421. The van der Waals surface area contributed by atoms with E-state index in [2.05, 4.69) is 16.4 Å². The van der Waals surface area contributed by atoms with Crippen LogP contribution in [0.1, 0.15) is 16.7 Å². The number of nitrogens with zero attached hydrogens (tertiary/aromatic N) is 1. The summed E-state index contributed by atoms with van der Waals surface area (Å²) in [4.78, 5) is 16.3. The highest BCUT2D eigenvalue weighted by molar-refractivity contribution is 6.12. The Kier molecular flexibility index (Phi) is 5.19. The molecule has 2 N–H and O–H groups in total. The van der Waals surface area contributed by atoms with E-state index < -0.39 is 5.91 Å². The minimum Gasteiger partial charge on any atom is -0.354 e. The molecule has 0 aliphatic carbocycles. The van der Waals surface area contributed by atoms with Crippen molar-refractivity contribution in [3.8, 4) is 17.3 Å². The topological polar surface area (TPSA) is 68.7 Å². The second-order valence-corrected chi connectivity index (χ2v) is 7.27. The highest BCUT2D eigenvalue weighted by Crippen LogP contribution is 2.32. The molecule has 4 heteroatoms. The number of fused-ring (bicyclic) bond motifs is 1. The SMILES string of the molecule is Cc1ccc(C)c(NC(=O)C(C#N)=Cc2c(-c3ccccc3)[nH]c3ccccc23)c1. The lowest BCUT2D eigenvalue weighted by molar-refractivity contribution is -0.112. The van der Waals surface area contributed by atoms with Crippen molar-refractivity contribution < 1.29 is 4.79 Å². The van der Waals surface area contributed by atoms with Crippen molar-refractivity contribution in [1.82, 2.24) is 4.98 Å². The molecule has 0 bridgehead atoms. The van der Waals surface area contributed by atoms with E-state index in [0.717, 1.165) is 38.9 Å². The van der Waals surface area contributed by atoms with Crippen molar-refractivity contribution in [3.05, 3.63) is 95.1 Å². The van der Waals surface area contributed by atoms with E-state index in [1.807, 2.05) is 86.6 Å². The van der Waals surface area contributed by atoms with Gasteiger partial charge in [-0.15, -0.1) is 0 Å². The monoisotopic (exact) mass is 391 g/mol. The van der Waals surface area contributed by atoms with E-state index >= 15 is 0 Å². The molecule has 0 aliphatic rings. The molecule has 0 saturated heterocycles. The number of aryl methyl sites for hydroxylation is 2. The van der Waals surface area contributed by atoms with Gasteiger partial charge in [-0.25, -0.2) is 0 Å². The summed E-state index contributed by atoms with van der Waals surface area (Å²) in [7, 11) is 0. The van der Waals surface area contributed by atoms with Crippen molar-refractivity contribution in [3.63, 3.8) is 0 Å². The molecule has 1 aromatic heterocycles. The van der Waals surface area contributed by atoms with E-state index in [1.54, 1.807) is 6.08 Å². The zero-order chi connectivity index (χ0) is 21.1. The molecule has 0 aliphatic heterocycles. The summed E-state index contributed by atoms with van der Waals surface area (Å²) in [5.41, 5.74) is 6.40. The molecular weight excluding hydrogens is 370 g/mol. The van der Waals surface area contributed by atoms with Crippen LogP contribution in [-0.4, -0.2) is 10.9 Å². The van der Waals surface area contributed by atoms with Gasteiger partial charge < -0.3 is 10.3 Å². The number of nitrogens with one attached hydrogen (secondary N) is 2. The number of anilines is 1. The average Bonchev–Trinajstić information content (AvgIpc) is 3.13. The maximum atomic E-state index is 12.9. The lowest BCUT2D eigenvalue weighted by Gasteiger charge is -2.09. The molecule has 3 aromatic carbocycles. The summed E-state index contributed by atoms with van der Waals surface area (Å²) in [5, 5.41) is 13.6. The first-order valence-electron chi connectivity index (χ1n) is 9.73. The number of nitriles is 1. The Bertz CT molecular complexity index is 1310. The summed E-state index contributed by atoms with van der Waals surface area (Å²) in [6.07, 6.45) is 1.67. The molecule has 0 fully saturated rings. The first kappa shape index (κ1) is 19.2. The molecule has 4 rings (SSSR count). The summed E-state index contributed by atoms with van der Waals surface area (Å²) >= 11 is 0. The number of hydrogen-bond acceptors (Lipinski definition) is 2. The fraction of sp³-hybridized carbons (Fsp3) is 0.0769. The fourth-order valence-corrected chi connectivity index (χ4v) is 3.50. The molecule has 4 aromatic rings. The van der Waals surface area contributed by atoms with Gasteiger partial charge in [0.15, 0.2) is 0 Å². The van der Waals surface area contributed by atoms with Crippen LogP contribution in [0, 0.1) is 25.2 Å². The zero-order valence-electron chi connectivity index (χ0n) is 16.9. The van der Waals surface area contributed by atoms with Crippen molar-refractivity contribution in [2.24, 2.45) is 0 Å². The number of H-pyrrole nitrogens is 1. The van der Waals surface area contributed by atoms with Gasteiger partial charge in [0.2, 0.25) is 0 Å². The average molecular weight is 391 g/mol. The number of carbonyl (C=O) groups is 1. The van der Waals surface area contributed by atoms with Gasteiger partial charge in [0.05, 0.1) is 5.69 Å². The van der Waals surface area contributed by atoms with Crippen LogP contribution in [0.15, 0.2) is 78.4 Å². The molecule has 1 heterocycles. The van der Waals surface area contributed by atoms with Crippen molar-refractivity contribution in [2.75, 3.05) is 5.32 Å². The summed E-state index contributed by atoms with van der Waals surface area (Å²) in [6.45, 7) is 3.90.